The van der Waals surface area contributed by atoms with E-state index in [9.17, 15) is 9.59 Å². The van der Waals surface area contributed by atoms with Crippen LogP contribution < -0.4 is 9.47 Å². The number of hydrogen-bond donors (Lipinski definition) is 0. The van der Waals surface area contributed by atoms with Gasteiger partial charge in [0.25, 0.3) is 0 Å². The topological polar surface area (TPSA) is 52.6 Å². The van der Waals surface area contributed by atoms with Crippen molar-refractivity contribution in [2.75, 3.05) is 0 Å². The number of carbonyl (C=O) groups is 2. The molecule has 4 aliphatic rings. The van der Waals surface area contributed by atoms with Crippen LogP contribution in [0.2, 0.25) is 0 Å². The van der Waals surface area contributed by atoms with E-state index in [1.807, 2.05) is 36.4 Å². The van der Waals surface area contributed by atoms with E-state index >= 15 is 0 Å². The molecule has 0 bridgehead atoms. The van der Waals surface area contributed by atoms with Crippen molar-refractivity contribution >= 4 is 11.9 Å². The van der Waals surface area contributed by atoms with Crippen molar-refractivity contribution in [3.05, 3.63) is 117 Å². The van der Waals surface area contributed by atoms with Crippen molar-refractivity contribution in [2.24, 2.45) is 11.8 Å². The molecule has 0 atom stereocenters. The molecular weight excluding hydrogens is 713 g/mol. The lowest BCUT2D eigenvalue weighted by atomic mass is 9.77. The molecule has 58 heavy (non-hydrogen) atoms. The standard InChI is InChI=1S/C54H66O4/c1-3-5-11-37-17-21-39(22-18-37)41-25-31-45(32-26-41)57-53(55)49-35-29-43-13-7-9-15-47(43)51(49)52-48-16-10-8-14-44(48)30-36-50(52)54(56)58-46-33-27-42(28-34-46)40-23-19-38(20-24-40)12-6-4-2/h25-40H,3-24H2,1-2H3. The smallest absolute Gasteiger partial charge is 0.344 e. The Hall–Kier alpha value is -4.18. The van der Waals surface area contributed by atoms with Crippen LogP contribution in [0, 0.1) is 11.8 Å². The van der Waals surface area contributed by atoms with Gasteiger partial charge in [-0.05, 0) is 196 Å². The van der Waals surface area contributed by atoms with Gasteiger partial charge in [0.15, 0.2) is 0 Å². The lowest BCUT2D eigenvalue weighted by Gasteiger charge is -2.29. The van der Waals surface area contributed by atoms with Crippen LogP contribution in [0.3, 0.4) is 0 Å². The van der Waals surface area contributed by atoms with Crippen molar-refractivity contribution in [3.8, 4) is 22.6 Å². The minimum Gasteiger partial charge on any atom is -0.423 e. The van der Waals surface area contributed by atoms with Crippen LogP contribution in [0.1, 0.15) is 195 Å². The first-order chi connectivity index (χ1) is 28.5. The van der Waals surface area contributed by atoms with Gasteiger partial charge in [-0.1, -0.05) is 88.8 Å². The van der Waals surface area contributed by atoms with Gasteiger partial charge in [-0.3, -0.25) is 0 Å². The van der Waals surface area contributed by atoms with E-state index in [1.54, 1.807) is 0 Å². The van der Waals surface area contributed by atoms with Gasteiger partial charge >= 0.3 is 11.9 Å². The zero-order valence-electron chi connectivity index (χ0n) is 35.4. The Kier molecular flexibility index (Phi) is 13.5. The zero-order chi connectivity index (χ0) is 39.8. The van der Waals surface area contributed by atoms with Gasteiger partial charge in [-0.15, -0.1) is 0 Å². The van der Waals surface area contributed by atoms with Crippen molar-refractivity contribution in [1.29, 1.82) is 0 Å². The van der Waals surface area contributed by atoms with Crippen LogP contribution in [-0.4, -0.2) is 11.9 Å². The van der Waals surface area contributed by atoms with Gasteiger partial charge in [0, 0.05) is 11.1 Å². The number of fused-ring (bicyclic) bond motifs is 2. The Labute approximate surface area is 348 Å². The molecule has 4 aliphatic carbocycles. The summed E-state index contributed by atoms with van der Waals surface area (Å²) in [6.45, 7) is 4.57. The molecule has 0 N–H and O–H groups in total. The number of rotatable bonds is 13. The third-order valence-corrected chi connectivity index (χ3v) is 14.5. The summed E-state index contributed by atoms with van der Waals surface area (Å²) in [4.78, 5) is 28.9. The molecule has 0 aromatic heterocycles. The van der Waals surface area contributed by atoms with E-state index in [2.05, 4.69) is 50.2 Å². The van der Waals surface area contributed by atoms with Crippen molar-refractivity contribution in [2.45, 2.75) is 167 Å². The minimum atomic E-state index is -0.365. The maximum Gasteiger partial charge on any atom is 0.344 e. The summed E-state index contributed by atoms with van der Waals surface area (Å²) in [6, 6.07) is 24.8. The van der Waals surface area contributed by atoms with Gasteiger partial charge < -0.3 is 9.47 Å². The highest BCUT2D eigenvalue weighted by Crippen LogP contribution is 2.43. The molecule has 4 aromatic carbocycles. The van der Waals surface area contributed by atoms with Crippen LogP contribution >= 0.6 is 0 Å². The Morgan fingerprint density at radius 3 is 1.24 bits per heavy atom. The van der Waals surface area contributed by atoms with E-state index < -0.39 is 0 Å². The second-order valence-electron chi connectivity index (χ2n) is 18.3. The van der Waals surface area contributed by atoms with Gasteiger partial charge in [-0.25, -0.2) is 9.59 Å². The van der Waals surface area contributed by atoms with Crippen molar-refractivity contribution in [3.63, 3.8) is 0 Å². The minimum absolute atomic E-state index is 0.365. The van der Waals surface area contributed by atoms with Crippen LogP contribution in [0.5, 0.6) is 11.5 Å². The molecular formula is C54H66O4. The Morgan fingerprint density at radius 2 is 0.862 bits per heavy atom. The molecule has 4 heteroatoms. The molecule has 0 radical (unpaired) electrons. The van der Waals surface area contributed by atoms with Crippen molar-refractivity contribution in [1.82, 2.24) is 0 Å². The zero-order valence-corrected chi connectivity index (χ0v) is 35.4. The average molecular weight is 779 g/mol. The highest BCUT2D eigenvalue weighted by atomic mass is 16.5. The quantitative estimate of drug-likeness (QED) is 0.100. The third-order valence-electron chi connectivity index (χ3n) is 14.5. The lowest BCUT2D eigenvalue weighted by molar-refractivity contribution is 0.0723. The third kappa shape index (κ3) is 9.32. The molecule has 0 unspecified atom stereocenters. The molecule has 2 saturated carbocycles. The molecule has 0 spiro atoms. The lowest BCUT2D eigenvalue weighted by Crippen LogP contribution is -2.19. The van der Waals surface area contributed by atoms with Gasteiger partial charge in [0.1, 0.15) is 11.5 Å². The molecule has 8 rings (SSSR count). The summed E-state index contributed by atoms with van der Waals surface area (Å²) >= 11 is 0. The molecule has 0 aliphatic heterocycles. The second-order valence-corrected chi connectivity index (χ2v) is 18.3. The average Bonchev–Trinajstić information content (AvgIpc) is 3.27. The Bertz CT molecular complexity index is 1860. The van der Waals surface area contributed by atoms with Gasteiger partial charge in [-0.2, -0.15) is 0 Å². The van der Waals surface area contributed by atoms with Crippen LogP contribution in [-0.2, 0) is 25.7 Å². The van der Waals surface area contributed by atoms with E-state index in [0.29, 0.717) is 34.5 Å². The number of benzene rings is 4. The largest absolute Gasteiger partial charge is 0.423 e. The van der Waals surface area contributed by atoms with Gasteiger partial charge in [0.05, 0.1) is 11.1 Å². The predicted octanol–water partition coefficient (Wildman–Crippen LogP) is 14.5. The fourth-order valence-corrected chi connectivity index (χ4v) is 11.1. The maximum atomic E-state index is 14.4. The first-order valence-electron chi connectivity index (χ1n) is 23.4. The Balaban J connectivity index is 1.05. The van der Waals surface area contributed by atoms with Crippen LogP contribution in [0.15, 0.2) is 72.8 Å². The van der Waals surface area contributed by atoms with E-state index in [0.717, 1.165) is 74.3 Å². The molecule has 4 aromatic rings. The monoisotopic (exact) mass is 778 g/mol. The van der Waals surface area contributed by atoms with E-state index in [1.165, 1.54) is 123 Å². The summed E-state index contributed by atoms with van der Waals surface area (Å²) < 4.78 is 12.5. The number of aryl methyl sites for hydroxylation is 2. The normalized spacial score (nSPS) is 21.8. The van der Waals surface area contributed by atoms with Crippen molar-refractivity contribution < 1.29 is 19.1 Å². The number of esters is 2. The van der Waals surface area contributed by atoms with Gasteiger partial charge in [0.2, 0.25) is 0 Å². The molecule has 2 fully saturated rings. The molecule has 4 nitrogen and oxygen atoms in total. The number of ether oxygens (including phenoxy) is 2. The molecule has 0 amide bonds. The predicted molar refractivity (Wildman–Crippen MR) is 236 cm³/mol. The summed E-state index contributed by atoms with van der Waals surface area (Å²) in [5, 5.41) is 0. The molecule has 0 saturated heterocycles. The van der Waals surface area contributed by atoms with E-state index in [-0.39, 0.29) is 11.9 Å². The van der Waals surface area contributed by atoms with Crippen LogP contribution in [0.25, 0.3) is 11.1 Å². The summed E-state index contributed by atoms with van der Waals surface area (Å²) in [5.41, 5.74) is 10.5. The summed E-state index contributed by atoms with van der Waals surface area (Å²) in [6.07, 6.45) is 26.3. The first kappa shape index (κ1) is 40.6. The highest BCUT2D eigenvalue weighted by Gasteiger charge is 2.31. The fraction of sp³-hybridized carbons (Fsp3) is 0.519. The summed E-state index contributed by atoms with van der Waals surface area (Å²) in [5.74, 6) is 3.31. The Morgan fingerprint density at radius 1 is 0.483 bits per heavy atom. The highest BCUT2D eigenvalue weighted by molar-refractivity contribution is 6.06. The van der Waals surface area contributed by atoms with Crippen LogP contribution in [0.4, 0.5) is 0 Å². The second kappa shape index (κ2) is 19.3. The number of unbranched alkanes of at least 4 members (excludes halogenated alkanes) is 2. The number of carbonyl (C=O) groups excluding carboxylic acids is 2. The maximum absolute atomic E-state index is 14.4. The number of hydrogen-bond acceptors (Lipinski definition) is 4. The molecule has 0 heterocycles. The van der Waals surface area contributed by atoms with E-state index in [4.69, 9.17) is 9.47 Å². The first-order valence-corrected chi connectivity index (χ1v) is 23.4. The fourth-order valence-electron chi connectivity index (χ4n) is 11.1. The SMILES string of the molecule is CCCCC1CCC(c2ccc(OC(=O)c3ccc4c(c3-c3c(C(=O)Oc5ccc(C6CCC(CCCC)CC6)cc5)ccc5c3CCCC5)CCCC4)cc2)CC1. The molecule has 306 valence electrons. The summed E-state index contributed by atoms with van der Waals surface area (Å²) in [7, 11) is 0.